The average Bonchev–Trinajstić information content (AvgIpc) is 3.11. The highest BCUT2D eigenvalue weighted by molar-refractivity contribution is 5.45. The first kappa shape index (κ1) is 17.3. The molecule has 4 nitrogen and oxygen atoms in total. The highest BCUT2D eigenvalue weighted by Crippen LogP contribution is 2.56. The second-order valence-corrected chi connectivity index (χ2v) is 8.64. The maximum Gasteiger partial charge on any atom is 0.123 e. The fourth-order valence-electron chi connectivity index (χ4n) is 6.24. The van der Waals surface area contributed by atoms with E-state index in [1.807, 2.05) is 12.1 Å². The van der Waals surface area contributed by atoms with Gasteiger partial charge in [-0.1, -0.05) is 18.9 Å². The second-order valence-electron chi connectivity index (χ2n) is 8.64. The van der Waals surface area contributed by atoms with E-state index < -0.39 is 0 Å². The monoisotopic (exact) mass is 367 g/mol. The van der Waals surface area contributed by atoms with Crippen molar-refractivity contribution in [3.05, 3.63) is 53.0 Å². The number of likely N-dealkylation sites (tertiary alicyclic amines) is 1. The summed E-state index contributed by atoms with van der Waals surface area (Å²) in [5.41, 5.74) is 4.32. The normalized spacial score (nSPS) is 30.0. The summed E-state index contributed by atoms with van der Waals surface area (Å²) in [6, 6.07) is 8.70. The third kappa shape index (κ3) is 2.73. The molecule has 1 saturated heterocycles. The summed E-state index contributed by atoms with van der Waals surface area (Å²) in [5.74, 6) is 2.17. The Bertz CT molecular complexity index is 829. The van der Waals surface area contributed by atoms with Crippen molar-refractivity contribution in [2.75, 3.05) is 13.7 Å². The van der Waals surface area contributed by atoms with Crippen molar-refractivity contribution in [1.82, 2.24) is 4.90 Å². The number of rotatable bonds is 4. The molecule has 27 heavy (non-hydrogen) atoms. The topological polar surface area (TPSA) is 45.8 Å². The minimum atomic E-state index is 0.268. The molecule has 0 amide bonds. The Hall–Kier alpha value is -1.78. The molecule has 3 aliphatic rings. The lowest BCUT2D eigenvalue weighted by molar-refractivity contribution is -0.0188. The van der Waals surface area contributed by atoms with Gasteiger partial charge in [0.2, 0.25) is 0 Å². The molecule has 0 spiro atoms. The number of benzene rings is 1. The van der Waals surface area contributed by atoms with Crippen molar-refractivity contribution in [2.45, 2.75) is 63.1 Å². The lowest BCUT2D eigenvalue weighted by Crippen LogP contribution is -2.60. The number of hydrogen-bond acceptors (Lipinski definition) is 4. The first-order valence-electron chi connectivity index (χ1n) is 10.3. The molecule has 1 aromatic heterocycles. The summed E-state index contributed by atoms with van der Waals surface area (Å²) >= 11 is 0. The number of nitrogens with zero attached hydrogens (tertiary/aromatic N) is 1. The van der Waals surface area contributed by atoms with Gasteiger partial charge in [0.05, 0.1) is 19.4 Å². The van der Waals surface area contributed by atoms with Gasteiger partial charge in [-0.05, 0) is 67.5 Å². The van der Waals surface area contributed by atoms with Gasteiger partial charge in [0.25, 0.3) is 0 Å². The maximum atomic E-state index is 10.1. The number of hydrogen-bond donors (Lipinski definition) is 1. The molecule has 0 radical (unpaired) electrons. The zero-order valence-corrected chi connectivity index (χ0v) is 16.1. The Morgan fingerprint density at radius 2 is 2.19 bits per heavy atom. The Kier molecular flexibility index (Phi) is 4.29. The fourth-order valence-corrected chi connectivity index (χ4v) is 6.24. The first-order valence-corrected chi connectivity index (χ1v) is 10.3. The zero-order valence-electron chi connectivity index (χ0n) is 16.1. The molecule has 1 saturated carbocycles. The van der Waals surface area contributed by atoms with E-state index in [-0.39, 0.29) is 5.41 Å². The lowest BCUT2D eigenvalue weighted by atomic mass is 9.52. The molecule has 1 N–H and O–H groups in total. The molecule has 144 valence electrons. The van der Waals surface area contributed by atoms with Crippen LogP contribution in [0.1, 0.15) is 54.6 Å². The van der Waals surface area contributed by atoms with Crippen LogP contribution in [0, 0.1) is 5.92 Å². The summed E-state index contributed by atoms with van der Waals surface area (Å²) < 4.78 is 11.2. The van der Waals surface area contributed by atoms with Gasteiger partial charge in [0.15, 0.2) is 0 Å². The Morgan fingerprint density at radius 3 is 3.07 bits per heavy atom. The molecule has 2 aromatic rings. The minimum Gasteiger partial charge on any atom is -0.508 e. The smallest absolute Gasteiger partial charge is 0.123 e. The number of furan rings is 1. The molecule has 3 atom stereocenters. The number of phenolic OH excluding ortho intramolecular Hbond substituents is 1. The van der Waals surface area contributed by atoms with Crippen molar-refractivity contribution < 1.29 is 14.3 Å². The molecule has 0 unspecified atom stereocenters. The van der Waals surface area contributed by atoms with Gasteiger partial charge in [-0.2, -0.15) is 0 Å². The average molecular weight is 367 g/mol. The van der Waals surface area contributed by atoms with Crippen LogP contribution in [0.25, 0.3) is 0 Å². The summed E-state index contributed by atoms with van der Waals surface area (Å²) in [5, 5.41) is 10.1. The molecule has 2 aliphatic carbocycles. The van der Waals surface area contributed by atoms with Crippen LogP contribution in [0.4, 0.5) is 0 Å². The highest BCUT2D eigenvalue weighted by Gasteiger charge is 2.53. The Labute approximate surface area is 161 Å². The number of phenols is 1. The van der Waals surface area contributed by atoms with E-state index in [2.05, 4.69) is 17.0 Å². The van der Waals surface area contributed by atoms with Gasteiger partial charge in [0, 0.05) is 24.1 Å². The zero-order chi connectivity index (χ0) is 18.4. The standard InChI is InChI=1S/C23H29NO3/c1-26-15-17-7-11-27-22(17)14-24-10-9-23-8-3-2-4-19(23)21(24)12-16-5-6-18(25)13-20(16)23/h5-7,11,13,19,21,25H,2-4,8-10,12,14-15H2,1H3/t19-,21+,23+/m0/s1. The van der Waals surface area contributed by atoms with Crippen LogP contribution in [0.5, 0.6) is 5.75 Å². The maximum absolute atomic E-state index is 10.1. The summed E-state index contributed by atoms with van der Waals surface area (Å²) in [7, 11) is 1.74. The number of fused-ring (bicyclic) bond motifs is 1. The molecule has 4 heteroatoms. The van der Waals surface area contributed by atoms with Crippen LogP contribution in [0.3, 0.4) is 0 Å². The SMILES string of the molecule is COCc1ccoc1CN1CC[C@]23CCCC[C@H]2[C@H]1Cc1ccc(O)cc13. The van der Waals surface area contributed by atoms with Crippen molar-refractivity contribution in [1.29, 1.82) is 0 Å². The van der Waals surface area contributed by atoms with Crippen molar-refractivity contribution in [3.8, 4) is 5.75 Å². The van der Waals surface area contributed by atoms with Crippen LogP contribution in [-0.2, 0) is 29.7 Å². The molecule has 5 rings (SSSR count). The van der Waals surface area contributed by atoms with E-state index in [4.69, 9.17) is 9.15 Å². The third-order valence-electron chi connectivity index (χ3n) is 7.42. The van der Waals surface area contributed by atoms with Gasteiger partial charge in [-0.3, -0.25) is 4.90 Å². The quantitative estimate of drug-likeness (QED) is 0.870. The van der Waals surface area contributed by atoms with Crippen molar-refractivity contribution in [2.24, 2.45) is 5.92 Å². The second kappa shape index (κ2) is 6.68. The number of methoxy groups -OCH3 is 1. The van der Waals surface area contributed by atoms with Crippen molar-refractivity contribution >= 4 is 0 Å². The van der Waals surface area contributed by atoms with Crippen LogP contribution >= 0.6 is 0 Å². The van der Waals surface area contributed by atoms with E-state index in [0.717, 1.165) is 25.3 Å². The van der Waals surface area contributed by atoms with E-state index in [0.29, 0.717) is 24.3 Å². The molecule has 2 fully saturated rings. The largest absolute Gasteiger partial charge is 0.508 e. The van der Waals surface area contributed by atoms with E-state index in [1.54, 1.807) is 13.4 Å². The van der Waals surface area contributed by atoms with Crippen molar-refractivity contribution in [3.63, 3.8) is 0 Å². The molecular formula is C23H29NO3. The molecule has 1 aromatic carbocycles. The molecular weight excluding hydrogens is 338 g/mol. The molecule has 2 heterocycles. The van der Waals surface area contributed by atoms with Crippen LogP contribution in [-0.4, -0.2) is 29.7 Å². The van der Waals surface area contributed by atoms with Crippen LogP contribution in [0.2, 0.25) is 0 Å². The predicted octanol–water partition coefficient (Wildman–Crippen LogP) is 4.39. The van der Waals surface area contributed by atoms with Gasteiger partial charge in [-0.25, -0.2) is 0 Å². The predicted molar refractivity (Wildman–Crippen MR) is 104 cm³/mol. The molecule has 2 bridgehead atoms. The Balaban J connectivity index is 1.49. The van der Waals surface area contributed by atoms with Gasteiger partial charge in [0.1, 0.15) is 11.5 Å². The highest BCUT2D eigenvalue weighted by atomic mass is 16.5. The lowest BCUT2D eigenvalue weighted by Gasteiger charge is -2.59. The van der Waals surface area contributed by atoms with E-state index >= 15 is 0 Å². The van der Waals surface area contributed by atoms with Crippen LogP contribution in [0.15, 0.2) is 34.9 Å². The van der Waals surface area contributed by atoms with Gasteiger partial charge >= 0.3 is 0 Å². The fraction of sp³-hybridized carbons (Fsp3) is 0.565. The van der Waals surface area contributed by atoms with E-state index in [9.17, 15) is 5.11 Å². The first-order chi connectivity index (χ1) is 13.2. The van der Waals surface area contributed by atoms with E-state index in [1.165, 1.54) is 48.8 Å². The number of piperidine rings is 1. The summed E-state index contributed by atoms with van der Waals surface area (Å²) in [6.07, 6.45) is 9.29. The summed E-state index contributed by atoms with van der Waals surface area (Å²) in [6.45, 7) is 2.58. The van der Waals surface area contributed by atoms with Gasteiger partial charge in [-0.15, -0.1) is 0 Å². The summed E-state index contributed by atoms with van der Waals surface area (Å²) in [4.78, 5) is 2.65. The van der Waals surface area contributed by atoms with Gasteiger partial charge < -0.3 is 14.3 Å². The Morgan fingerprint density at radius 1 is 1.26 bits per heavy atom. The molecule has 1 aliphatic heterocycles. The van der Waals surface area contributed by atoms with Crippen LogP contribution < -0.4 is 0 Å². The third-order valence-corrected chi connectivity index (χ3v) is 7.42. The number of aromatic hydroxyl groups is 1. The number of ether oxygens (including phenoxy) is 1. The minimum absolute atomic E-state index is 0.268.